The van der Waals surface area contributed by atoms with Gasteiger partial charge in [-0.05, 0) is 37.3 Å². The summed E-state index contributed by atoms with van der Waals surface area (Å²) >= 11 is 0. The molecular weight excluding hydrogens is 370 g/mol. The van der Waals surface area contributed by atoms with E-state index in [4.69, 9.17) is 4.74 Å². The minimum atomic E-state index is -3.46. The summed E-state index contributed by atoms with van der Waals surface area (Å²) < 4.78 is 31.2. The largest absolute Gasteiger partial charge is 0.506 e. The normalized spacial score (nSPS) is 11.5. The molecule has 9 heteroatoms. The van der Waals surface area contributed by atoms with Crippen LogP contribution < -0.4 is 10.1 Å². The van der Waals surface area contributed by atoms with Crippen LogP contribution in [0.4, 0.5) is 5.69 Å². The first-order valence-corrected chi connectivity index (χ1v) is 9.88. The van der Waals surface area contributed by atoms with E-state index in [1.54, 1.807) is 16.5 Å². The van der Waals surface area contributed by atoms with Crippen molar-refractivity contribution in [2.75, 3.05) is 17.7 Å². The zero-order chi connectivity index (χ0) is 19.6. The van der Waals surface area contributed by atoms with Gasteiger partial charge in [0.25, 0.3) is 5.91 Å². The number of pyridine rings is 1. The van der Waals surface area contributed by atoms with E-state index in [9.17, 15) is 18.3 Å². The number of rotatable bonds is 6. The van der Waals surface area contributed by atoms with Gasteiger partial charge >= 0.3 is 0 Å². The molecule has 1 amide bonds. The average molecular weight is 389 g/mol. The Kier molecular flexibility index (Phi) is 5.04. The van der Waals surface area contributed by atoms with Gasteiger partial charge in [-0.25, -0.2) is 13.4 Å². The Balaban J connectivity index is 1.73. The van der Waals surface area contributed by atoms with Crippen LogP contribution >= 0.6 is 0 Å². The Morgan fingerprint density at radius 3 is 2.85 bits per heavy atom. The van der Waals surface area contributed by atoms with Crippen LogP contribution in [0.25, 0.3) is 5.65 Å². The van der Waals surface area contributed by atoms with Gasteiger partial charge in [-0.3, -0.25) is 4.79 Å². The van der Waals surface area contributed by atoms with Gasteiger partial charge in [0.15, 0.2) is 27.8 Å². The van der Waals surface area contributed by atoms with E-state index < -0.39 is 15.7 Å². The number of imidazole rings is 1. The Morgan fingerprint density at radius 1 is 1.33 bits per heavy atom. The second-order valence-corrected chi connectivity index (χ2v) is 8.18. The molecule has 2 heterocycles. The molecular formula is C18H19N3O5S. The molecule has 0 radical (unpaired) electrons. The summed E-state index contributed by atoms with van der Waals surface area (Å²) in [5, 5.41) is 12.4. The van der Waals surface area contributed by atoms with Crippen LogP contribution in [0.15, 0.2) is 47.6 Å². The maximum atomic E-state index is 12.2. The van der Waals surface area contributed by atoms with E-state index >= 15 is 0 Å². The number of amides is 1. The first-order valence-electron chi connectivity index (χ1n) is 8.23. The number of ether oxygens (including phenoxy) is 1. The van der Waals surface area contributed by atoms with Crippen molar-refractivity contribution in [3.8, 4) is 11.5 Å². The van der Waals surface area contributed by atoms with Crippen LogP contribution in [-0.4, -0.2) is 41.2 Å². The molecule has 142 valence electrons. The fourth-order valence-electron chi connectivity index (χ4n) is 2.53. The molecule has 0 aliphatic heterocycles. The van der Waals surface area contributed by atoms with E-state index in [-0.39, 0.29) is 28.7 Å². The zero-order valence-electron chi connectivity index (χ0n) is 14.8. The zero-order valence-corrected chi connectivity index (χ0v) is 15.7. The Morgan fingerprint density at radius 2 is 2.11 bits per heavy atom. The molecule has 1 aromatic carbocycles. The van der Waals surface area contributed by atoms with Gasteiger partial charge in [-0.15, -0.1) is 0 Å². The summed E-state index contributed by atoms with van der Waals surface area (Å²) in [6, 6.07) is 7.21. The monoisotopic (exact) mass is 389 g/mol. The summed E-state index contributed by atoms with van der Waals surface area (Å²) in [5.41, 5.74) is 1.41. The number of carbonyl (C=O) groups is 1. The molecule has 0 aliphatic carbocycles. The first kappa shape index (κ1) is 18.7. The highest BCUT2D eigenvalue weighted by Crippen LogP contribution is 2.27. The van der Waals surface area contributed by atoms with Crippen molar-refractivity contribution in [3.63, 3.8) is 0 Å². The van der Waals surface area contributed by atoms with Crippen LogP contribution in [0, 0.1) is 6.92 Å². The number of aromatic nitrogens is 2. The molecule has 0 fully saturated rings. The second-order valence-electron chi connectivity index (χ2n) is 5.90. The number of aromatic hydroxyl groups is 1. The second kappa shape index (κ2) is 7.28. The molecule has 0 spiro atoms. The Bertz CT molecular complexity index is 1110. The lowest BCUT2D eigenvalue weighted by molar-refractivity contribution is -0.118. The molecule has 0 bridgehead atoms. The van der Waals surface area contributed by atoms with Crippen LogP contribution in [-0.2, 0) is 14.6 Å². The molecule has 0 saturated heterocycles. The first-order chi connectivity index (χ1) is 12.8. The van der Waals surface area contributed by atoms with Gasteiger partial charge in [-0.1, -0.05) is 6.92 Å². The lowest BCUT2D eigenvalue weighted by atomic mass is 10.3. The van der Waals surface area contributed by atoms with Crippen LogP contribution in [0.5, 0.6) is 11.5 Å². The number of carbonyl (C=O) groups excluding carboxylic acids is 1. The molecule has 2 N–H and O–H groups in total. The lowest BCUT2D eigenvalue weighted by Crippen LogP contribution is -2.20. The highest BCUT2D eigenvalue weighted by molar-refractivity contribution is 7.91. The van der Waals surface area contributed by atoms with Crippen molar-refractivity contribution in [1.82, 2.24) is 9.38 Å². The van der Waals surface area contributed by atoms with Crippen molar-refractivity contribution in [2.24, 2.45) is 0 Å². The number of anilines is 1. The minimum Gasteiger partial charge on any atom is -0.506 e. The van der Waals surface area contributed by atoms with Gasteiger partial charge < -0.3 is 19.6 Å². The van der Waals surface area contributed by atoms with E-state index in [1.807, 2.05) is 19.3 Å². The summed E-state index contributed by atoms with van der Waals surface area (Å²) in [4.78, 5) is 16.5. The van der Waals surface area contributed by atoms with Crippen molar-refractivity contribution in [2.45, 2.75) is 18.7 Å². The maximum Gasteiger partial charge on any atom is 0.262 e. The lowest BCUT2D eigenvalue weighted by Gasteiger charge is -2.11. The number of hydrogen-bond donors (Lipinski definition) is 2. The summed E-state index contributed by atoms with van der Waals surface area (Å²) in [5.74, 6) is -0.416. The molecule has 0 saturated carbocycles. The number of hydrogen-bond acceptors (Lipinski definition) is 6. The van der Waals surface area contributed by atoms with E-state index in [2.05, 4.69) is 10.3 Å². The van der Waals surface area contributed by atoms with Crippen LogP contribution in [0.2, 0.25) is 0 Å². The minimum absolute atomic E-state index is 0.00740. The molecule has 0 unspecified atom stereocenters. The SMILES string of the molecule is CCS(=O)(=O)c1ccc(O)c(NC(=O)COc2cccn3cc(C)nc23)c1. The van der Waals surface area contributed by atoms with Crippen LogP contribution in [0.1, 0.15) is 12.6 Å². The molecule has 3 aromatic rings. The molecule has 2 aromatic heterocycles. The van der Waals surface area contributed by atoms with Gasteiger partial charge in [0.05, 0.1) is 22.0 Å². The van der Waals surface area contributed by atoms with Crippen molar-refractivity contribution in [1.29, 1.82) is 0 Å². The van der Waals surface area contributed by atoms with Crippen molar-refractivity contribution < 1.29 is 23.1 Å². The number of sulfone groups is 1. The molecule has 27 heavy (non-hydrogen) atoms. The predicted octanol–water partition coefficient (Wildman–Crippen LogP) is 2.16. The third-order valence-electron chi connectivity index (χ3n) is 3.91. The topological polar surface area (TPSA) is 110 Å². The fourth-order valence-corrected chi connectivity index (χ4v) is 3.43. The average Bonchev–Trinajstić information content (AvgIpc) is 3.02. The third-order valence-corrected chi connectivity index (χ3v) is 5.64. The van der Waals surface area contributed by atoms with Crippen LogP contribution in [0.3, 0.4) is 0 Å². The number of nitrogens with zero attached hydrogens (tertiary/aromatic N) is 2. The van der Waals surface area contributed by atoms with E-state index in [0.29, 0.717) is 11.4 Å². The number of fused-ring (bicyclic) bond motifs is 1. The number of nitrogens with one attached hydrogen (secondary N) is 1. The predicted molar refractivity (Wildman–Crippen MR) is 99.9 cm³/mol. The fraction of sp³-hybridized carbons (Fsp3) is 0.222. The molecule has 3 rings (SSSR count). The summed E-state index contributed by atoms with van der Waals surface area (Å²) in [7, 11) is -3.46. The van der Waals surface area contributed by atoms with Crippen molar-refractivity contribution in [3.05, 3.63) is 48.4 Å². The number of phenols is 1. The highest BCUT2D eigenvalue weighted by Gasteiger charge is 2.16. The number of benzene rings is 1. The van der Waals surface area contributed by atoms with E-state index in [1.165, 1.54) is 25.1 Å². The third kappa shape index (κ3) is 4.03. The number of phenolic OH excluding ortho intramolecular Hbond substituents is 1. The highest BCUT2D eigenvalue weighted by atomic mass is 32.2. The van der Waals surface area contributed by atoms with E-state index in [0.717, 1.165) is 5.69 Å². The quantitative estimate of drug-likeness (QED) is 0.625. The Labute approximate surface area is 156 Å². The Hall–Kier alpha value is -3.07. The standard InChI is InChI=1S/C18H19N3O5S/c1-3-27(24,25)13-6-7-15(22)14(9-13)20-17(23)11-26-16-5-4-8-21-10-12(2)19-18(16)21/h4-10,22H,3,11H2,1-2H3,(H,20,23). The van der Waals surface area contributed by atoms with Gasteiger partial charge in [0.2, 0.25) is 0 Å². The number of aryl methyl sites for hydroxylation is 1. The smallest absolute Gasteiger partial charge is 0.262 e. The summed E-state index contributed by atoms with van der Waals surface area (Å²) in [6.07, 6.45) is 3.65. The molecule has 0 aliphatic rings. The van der Waals surface area contributed by atoms with Crippen molar-refractivity contribution >= 4 is 27.1 Å². The van der Waals surface area contributed by atoms with Gasteiger partial charge in [-0.2, -0.15) is 0 Å². The maximum absolute atomic E-state index is 12.2. The van der Waals surface area contributed by atoms with Gasteiger partial charge in [0.1, 0.15) is 5.75 Å². The molecule has 8 nitrogen and oxygen atoms in total. The summed E-state index contributed by atoms with van der Waals surface area (Å²) in [6.45, 7) is 3.05. The van der Waals surface area contributed by atoms with Gasteiger partial charge in [0, 0.05) is 12.4 Å². The molecule has 0 atom stereocenters.